The van der Waals surface area contributed by atoms with E-state index in [4.69, 9.17) is 4.98 Å². The summed E-state index contributed by atoms with van der Waals surface area (Å²) in [7, 11) is 0. The third kappa shape index (κ3) is 4.59. The normalized spacial score (nSPS) is 20.8. The van der Waals surface area contributed by atoms with Crippen LogP contribution in [-0.2, 0) is 4.79 Å². The highest BCUT2D eigenvalue weighted by molar-refractivity contribution is 7.18. The molecule has 3 aromatic rings. The Morgan fingerprint density at radius 1 is 1.21 bits per heavy atom. The largest absolute Gasteiger partial charge is 0.351 e. The van der Waals surface area contributed by atoms with Crippen LogP contribution in [0.2, 0.25) is 0 Å². The molecule has 1 saturated heterocycles. The van der Waals surface area contributed by atoms with Crippen molar-refractivity contribution in [3.05, 3.63) is 65.2 Å². The standard InChI is InChI=1S/C23H27N3OS/c1-17(18-8-3-2-4-9-18)14-24-22(27)16-26-13-7-10-19(15-26)23-25-20-11-5-6-12-21(20)28-23/h2-6,8-9,11-12,17,19H,7,10,13-16H2,1H3,(H,24,27)/p+1/t17-,19+/m1/s1. The lowest BCUT2D eigenvalue weighted by Crippen LogP contribution is -3.14. The number of amides is 1. The summed E-state index contributed by atoms with van der Waals surface area (Å²) >= 11 is 1.81. The predicted octanol–water partition coefficient (Wildman–Crippen LogP) is 2.98. The van der Waals surface area contributed by atoms with E-state index in [1.807, 2.05) is 35.6 Å². The number of carbonyl (C=O) groups is 1. The maximum atomic E-state index is 12.5. The van der Waals surface area contributed by atoms with E-state index in [-0.39, 0.29) is 5.91 Å². The Balaban J connectivity index is 1.30. The number of para-hydroxylation sites is 1. The van der Waals surface area contributed by atoms with Crippen LogP contribution in [0.1, 0.15) is 42.2 Å². The summed E-state index contributed by atoms with van der Waals surface area (Å²) in [5.74, 6) is 0.955. The van der Waals surface area contributed by atoms with Gasteiger partial charge in [-0.1, -0.05) is 49.4 Å². The number of fused-ring (bicyclic) bond motifs is 1. The van der Waals surface area contributed by atoms with E-state index in [0.717, 1.165) is 25.0 Å². The third-order valence-electron chi connectivity index (χ3n) is 5.66. The summed E-state index contributed by atoms with van der Waals surface area (Å²) in [6, 6.07) is 18.7. The van der Waals surface area contributed by atoms with Gasteiger partial charge in [-0.2, -0.15) is 0 Å². The van der Waals surface area contributed by atoms with E-state index in [0.29, 0.717) is 24.9 Å². The lowest BCUT2D eigenvalue weighted by atomic mass is 9.98. The Morgan fingerprint density at radius 2 is 2.00 bits per heavy atom. The summed E-state index contributed by atoms with van der Waals surface area (Å²) in [4.78, 5) is 18.7. The van der Waals surface area contributed by atoms with Crippen molar-refractivity contribution in [2.75, 3.05) is 26.2 Å². The minimum Gasteiger partial charge on any atom is -0.351 e. The molecule has 1 aromatic heterocycles. The zero-order chi connectivity index (χ0) is 19.3. The molecule has 1 aliphatic heterocycles. The van der Waals surface area contributed by atoms with Gasteiger partial charge in [0.1, 0.15) is 5.01 Å². The summed E-state index contributed by atoms with van der Waals surface area (Å²) in [6.07, 6.45) is 2.33. The van der Waals surface area contributed by atoms with Crippen molar-refractivity contribution in [1.29, 1.82) is 0 Å². The second-order valence-electron chi connectivity index (χ2n) is 7.86. The quantitative estimate of drug-likeness (QED) is 0.675. The first-order chi connectivity index (χ1) is 13.7. The Bertz CT molecular complexity index is 891. The molecule has 3 atom stereocenters. The van der Waals surface area contributed by atoms with Gasteiger partial charge >= 0.3 is 0 Å². The Kier molecular flexibility index (Phi) is 6.03. The maximum Gasteiger partial charge on any atom is 0.275 e. The van der Waals surface area contributed by atoms with Gasteiger partial charge in [-0.25, -0.2) is 4.98 Å². The maximum absolute atomic E-state index is 12.5. The van der Waals surface area contributed by atoms with Gasteiger partial charge in [0.15, 0.2) is 6.54 Å². The van der Waals surface area contributed by atoms with Gasteiger partial charge < -0.3 is 10.2 Å². The molecule has 2 N–H and O–H groups in total. The van der Waals surface area contributed by atoms with Crippen molar-refractivity contribution in [3.63, 3.8) is 0 Å². The van der Waals surface area contributed by atoms with Crippen LogP contribution in [0.4, 0.5) is 0 Å². The van der Waals surface area contributed by atoms with Crippen molar-refractivity contribution < 1.29 is 9.69 Å². The van der Waals surface area contributed by atoms with Crippen LogP contribution in [0.25, 0.3) is 10.2 Å². The van der Waals surface area contributed by atoms with Crippen molar-refractivity contribution in [3.8, 4) is 0 Å². The van der Waals surface area contributed by atoms with Crippen LogP contribution < -0.4 is 10.2 Å². The van der Waals surface area contributed by atoms with Gasteiger partial charge in [0.05, 0.1) is 29.2 Å². The molecule has 0 aliphatic carbocycles. The average Bonchev–Trinajstić information content (AvgIpc) is 3.17. The molecule has 1 fully saturated rings. The summed E-state index contributed by atoms with van der Waals surface area (Å²) in [5.41, 5.74) is 2.37. The number of piperidine rings is 1. The molecule has 4 rings (SSSR count). The first-order valence-corrected chi connectivity index (χ1v) is 11.0. The molecule has 1 unspecified atom stereocenters. The number of hydrogen-bond donors (Lipinski definition) is 2. The van der Waals surface area contributed by atoms with Crippen molar-refractivity contribution in [1.82, 2.24) is 10.3 Å². The van der Waals surface area contributed by atoms with E-state index in [1.165, 1.54) is 26.6 Å². The number of quaternary nitrogens is 1. The lowest BCUT2D eigenvalue weighted by molar-refractivity contribution is -0.898. The number of rotatable bonds is 6. The molecule has 2 heterocycles. The van der Waals surface area contributed by atoms with E-state index >= 15 is 0 Å². The fourth-order valence-electron chi connectivity index (χ4n) is 4.04. The minimum absolute atomic E-state index is 0.155. The third-order valence-corrected chi connectivity index (χ3v) is 6.86. The van der Waals surface area contributed by atoms with E-state index in [2.05, 4.69) is 42.6 Å². The molecular weight excluding hydrogens is 366 g/mol. The van der Waals surface area contributed by atoms with Gasteiger partial charge in [0.25, 0.3) is 5.91 Å². The van der Waals surface area contributed by atoms with Crippen LogP contribution in [0.15, 0.2) is 54.6 Å². The lowest BCUT2D eigenvalue weighted by Gasteiger charge is -2.28. The predicted molar refractivity (Wildman–Crippen MR) is 115 cm³/mol. The van der Waals surface area contributed by atoms with Gasteiger partial charge in [-0.3, -0.25) is 4.79 Å². The highest BCUT2D eigenvalue weighted by Gasteiger charge is 2.28. The molecule has 4 nitrogen and oxygen atoms in total. The average molecular weight is 395 g/mol. The molecule has 0 saturated carbocycles. The first-order valence-electron chi connectivity index (χ1n) is 10.2. The Morgan fingerprint density at radius 3 is 2.82 bits per heavy atom. The van der Waals surface area contributed by atoms with Gasteiger partial charge in [-0.15, -0.1) is 11.3 Å². The van der Waals surface area contributed by atoms with Gasteiger partial charge in [-0.05, 0) is 36.5 Å². The van der Waals surface area contributed by atoms with Crippen molar-refractivity contribution >= 4 is 27.5 Å². The molecule has 146 valence electrons. The number of aromatic nitrogens is 1. The fraction of sp³-hybridized carbons (Fsp3) is 0.391. The Labute approximate surface area is 170 Å². The number of nitrogens with zero attached hydrogens (tertiary/aromatic N) is 1. The SMILES string of the molecule is C[C@H](CNC(=O)C[NH+]1CCC[C@H](c2nc3ccccc3s2)C1)c1ccccc1. The van der Waals surface area contributed by atoms with E-state index in [1.54, 1.807) is 0 Å². The molecule has 0 radical (unpaired) electrons. The highest BCUT2D eigenvalue weighted by Crippen LogP contribution is 2.30. The van der Waals surface area contributed by atoms with E-state index in [9.17, 15) is 4.79 Å². The monoisotopic (exact) mass is 394 g/mol. The second-order valence-corrected chi connectivity index (χ2v) is 8.92. The van der Waals surface area contributed by atoms with Crippen LogP contribution >= 0.6 is 11.3 Å². The van der Waals surface area contributed by atoms with Gasteiger partial charge in [0, 0.05) is 6.54 Å². The number of benzene rings is 2. The number of hydrogen-bond acceptors (Lipinski definition) is 3. The number of likely N-dealkylation sites (tertiary alicyclic amines) is 1. The number of thiazole rings is 1. The second kappa shape index (κ2) is 8.84. The highest BCUT2D eigenvalue weighted by atomic mass is 32.1. The summed E-state index contributed by atoms with van der Waals surface area (Å²) in [6.45, 7) is 5.48. The molecule has 2 aromatic carbocycles. The van der Waals surface area contributed by atoms with Crippen LogP contribution in [0, 0.1) is 0 Å². The van der Waals surface area contributed by atoms with Crippen LogP contribution in [0.3, 0.4) is 0 Å². The molecule has 0 spiro atoms. The van der Waals surface area contributed by atoms with E-state index < -0.39 is 0 Å². The van der Waals surface area contributed by atoms with Crippen LogP contribution in [-0.4, -0.2) is 37.1 Å². The van der Waals surface area contributed by atoms with Crippen molar-refractivity contribution in [2.45, 2.75) is 31.6 Å². The number of nitrogens with one attached hydrogen (secondary N) is 2. The Hall–Kier alpha value is -2.24. The smallest absolute Gasteiger partial charge is 0.275 e. The first kappa shape index (κ1) is 19.1. The molecule has 0 bridgehead atoms. The van der Waals surface area contributed by atoms with Crippen molar-refractivity contribution in [2.24, 2.45) is 0 Å². The zero-order valence-electron chi connectivity index (χ0n) is 16.4. The molecule has 28 heavy (non-hydrogen) atoms. The topological polar surface area (TPSA) is 46.4 Å². The fourth-order valence-corrected chi connectivity index (χ4v) is 5.14. The summed E-state index contributed by atoms with van der Waals surface area (Å²) in [5, 5.41) is 4.36. The minimum atomic E-state index is 0.155. The molecule has 1 aliphatic rings. The molecule has 5 heteroatoms. The molecule has 1 amide bonds. The summed E-state index contributed by atoms with van der Waals surface area (Å²) < 4.78 is 1.26. The zero-order valence-corrected chi connectivity index (χ0v) is 17.2. The van der Waals surface area contributed by atoms with Gasteiger partial charge in [0.2, 0.25) is 0 Å². The van der Waals surface area contributed by atoms with Crippen LogP contribution in [0.5, 0.6) is 0 Å². The molecular formula is C23H28N3OS+. The number of carbonyl (C=O) groups excluding carboxylic acids is 1.